The van der Waals surface area contributed by atoms with E-state index in [2.05, 4.69) is 15.0 Å². The molecule has 2 heterocycles. The highest BCUT2D eigenvalue weighted by Crippen LogP contribution is 2.70. The SMILES string of the molecule is Cc1nc(N)c2ncn([C@H]3[C@H](O)[C@H](O)[C@@]4(C[P+](=O)OC(CCSSO)CSSO)C[C@H]34)c2n1. The Kier molecular flexibility index (Phi) is 8.36. The molecule has 11 nitrogen and oxygen atoms in total. The van der Waals surface area contributed by atoms with Gasteiger partial charge in [-0.2, -0.15) is 0 Å². The summed E-state index contributed by atoms with van der Waals surface area (Å²) in [5, 5.41) is 21.8. The van der Waals surface area contributed by atoms with Crippen molar-refractivity contribution in [2.24, 2.45) is 11.3 Å². The predicted octanol–water partition coefficient (Wildman–Crippen LogP) is 3.23. The van der Waals surface area contributed by atoms with Crippen molar-refractivity contribution in [3.63, 3.8) is 0 Å². The number of rotatable bonds is 12. The fraction of sp³-hybridized carbons (Fsp3) is 0.706. The molecule has 2 saturated carbocycles. The van der Waals surface area contributed by atoms with Crippen LogP contribution in [0.25, 0.3) is 11.2 Å². The van der Waals surface area contributed by atoms with Gasteiger partial charge >= 0.3 is 8.03 Å². The van der Waals surface area contributed by atoms with Crippen molar-refractivity contribution in [3.05, 3.63) is 12.2 Å². The van der Waals surface area contributed by atoms with E-state index in [-0.39, 0.29) is 24.0 Å². The second-order valence-corrected chi connectivity index (χ2v) is 13.2. The number of aliphatic hydroxyl groups is 2. The number of aliphatic hydroxyl groups excluding tert-OH is 2. The Morgan fingerprint density at radius 2 is 2.09 bits per heavy atom. The van der Waals surface area contributed by atoms with Crippen LogP contribution < -0.4 is 5.73 Å². The summed E-state index contributed by atoms with van der Waals surface area (Å²) in [4.78, 5) is 12.8. The van der Waals surface area contributed by atoms with Gasteiger partial charge in [0.25, 0.3) is 0 Å². The van der Waals surface area contributed by atoms with Gasteiger partial charge in [-0.1, -0.05) is 21.6 Å². The topological polar surface area (TPSA) is 177 Å². The number of nitrogen functional groups attached to an aromatic ring is 1. The molecule has 0 aliphatic heterocycles. The quantitative estimate of drug-likeness (QED) is 0.112. The maximum absolute atomic E-state index is 12.9. The number of anilines is 1. The van der Waals surface area contributed by atoms with Crippen LogP contribution in [0.2, 0.25) is 0 Å². The number of nitrogens with zero attached hydrogens (tertiary/aromatic N) is 4. The monoisotopic (exact) mass is 554 g/mol. The third kappa shape index (κ3) is 5.13. The molecule has 2 aromatic rings. The Morgan fingerprint density at radius 1 is 1.33 bits per heavy atom. The van der Waals surface area contributed by atoms with Crippen LogP contribution >= 0.6 is 51.8 Å². The van der Waals surface area contributed by atoms with E-state index in [9.17, 15) is 14.8 Å². The van der Waals surface area contributed by atoms with E-state index in [1.54, 1.807) is 17.8 Å². The first-order valence-corrected chi connectivity index (χ1v) is 16.0. The fourth-order valence-electron chi connectivity index (χ4n) is 4.75. The third-order valence-corrected chi connectivity index (χ3v) is 10.3. The number of imidazole rings is 1. The minimum atomic E-state index is -2.12. The fourth-order valence-corrected chi connectivity index (χ4v) is 8.50. The first-order valence-electron chi connectivity index (χ1n) is 10.1. The van der Waals surface area contributed by atoms with Crippen molar-refractivity contribution in [2.75, 3.05) is 23.4 Å². The van der Waals surface area contributed by atoms with Crippen LogP contribution in [0.3, 0.4) is 0 Å². The summed E-state index contributed by atoms with van der Waals surface area (Å²) in [5.41, 5.74) is 6.19. The minimum Gasteiger partial charge on any atom is -0.390 e. The Hall–Kier alpha value is -0.350. The van der Waals surface area contributed by atoms with Crippen LogP contribution in [0.5, 0.6) is 0 Å². The molecular formula is C17H25N5O6PS4+. The van der Waals surface area contributed by atoms with Gasteiger partial charge in [0.05, 0.1) is 46.0 Å². The van der Waals surface area contributed by atoms with Crippen molar-refractivity contribution < 1.29 is 28.4 Å². The van der Waals surface area contributed by atoms with Gasteiger partial charge in [-0.15, -0.1) is 4.52 Å². The van der Waals surface area contributed by atoms with Crippen LogP contribution in [0.4, 0.5) is 5.82 Å². The molecule has 0 bridgehead atoms. The first kappa shape index (κ1) is 25.7. The molecule has 7 atom stereocenters. The van der Waals surface area contributed by atoms with E-state index >= 15 is 0 Å². The number of fused-ring (bicyclic) bond motifs is 2. The maximum atomic E-state index is 12.9. The Balaban J connectivity index is 1.48. The van der Waals surface area contributed by atoms with Gasteiger partial charge in [0.15, 0.2) is 17.6 Å². The largest absolute Gasteiger partial charge is 0.509 e. The third-order valence-electron chi connectivity index (χ3n) is 6.31. The minimum absolute atomic E-state index is 0.110. The van der Waals surface area contributed by atoms with Crippen LogP contribution in [-0.2, 0) is 9.09 Å². The molecular weight excluding hydrogens is 529 g/mol. The molecule has 0 radical (unpaired) electrons. The van der Waals surface area contributed by atoms with Crippen molar-refractivity contribution in [1.29, 1.82) is 0 Å². The first-order chi connectivity index (χ1) is 15.8. The summed E-state index contributed by atoms with van der Waals surface area (Å²) >= 11 is 1.28. The van der Waals surface area contributed by atoms with E-state index in [0.717, 1.165) is 0 Å². The molecule has 2 fully saturated rings. The molecule has 2 aliphatic carbocycles. The number of hydrogen-bond donors (Lipinski definition) is 5. The molecule has 182 valence electrons. The van der Waals surface area contributed by atoms with Gasteiger partial charge in [-0.3, -0.25) is 0 Å². The van der Waals surface area contributed by atoms with Crippen molar-refractivity contribution >= 4 is 68.7 Å². The number of hydrogen-bond acceptors (Lipinski definition) is 14. The molecule has 0 saturated heterocycles. The molecule has 0 spiro atoms. The van der Waals surface area contributed by atoms with E-state index in [1.807, 2.05) is 0 Å². The van der Waals surface area contributed by atoms with E-state index in [0.29, 0.717) is 63.5 Å². The van der Waals surface area contributed by atoms with Crippen molar-refractivity contribution in [1.82, 2.24) is 19.5 Å². The van der Waals surface area contributed by atoms with Crippen molar-refractivity contribution in [3.8, 4) is 0 Å². The smallest absolute Gasteiger partial charge is 0.390 e. The van der Waals surface area contributed by atoms with E-state index < -0.39 is 31.7 Å². The lowest BCUT2D eigenvalue weighted by atomic mass is 10.0. The zero-order chi connectivity index (χ0) is 23.8. The van der Waals surface area contributed by atoms with Crippen LogP contribution in [0.1, 0.15) is 24.7 Å². The Bertz CT molecular complexity index is 1020. The lowest BCUT2D eigenvalue weighted by Crippen LogP contribution is -2.35. The second-order valence-electron chi connectivity index (χ2n) is 8.21. The van der Waals surface area contributed by atoms with Gasteiger partial charge in [0, 0.05) is 11.5 Å². The summed E-state index contributed by atoms with van der Waals surface area (Å²) in [6.45, 7) is 1.72. The van der Waals surface area contributed by atoms with E-state index in [1.165, 1.54) is 21.6 Å². The van der Waals surface area contributed by atoms with Gasteiger partial charge in [0.2, 0.25) is 0 Å². The molecule has 0 amide bonds. The number of nitrogens with two attached hydrogens (primary N) is 1. The highest BCUT2D eigenvalue weighted by Gasteiger charge is 2.74. The summed E-state index contributed by atoms with van der Waals surface area (Å²) in [7, 11) is 0.330. The molecule has 2 unspecified atom stereocenters. The van der Waals surface area contributed by atoms with Crippen molar-refractivity contribution in [2.45, 2.75) is 44.1 Å². The molecule has 33 heavy (non-hydrogen) atoms. The summed E-state index contributed by atoms with van der Waals surface area (Å²) in [6, 6.07) is -0.475. The van der Waals surface area contributed by atoms with Gasteiger partial charge in [0.1, 0.15) is 23.5 Å². The predicted molar refractivity (Wildman–Crippen MR) is 133 cm³/mol. The molecule has 6 N–H and O–H groups in total. The Labute approximate surface area is 207 Å². The molecule has 16 heteroatoms. The molecule has 0 aromatic carbocycles. The van der Waals surface area contributed by atoms with Crippen LogP contribution in [0.15, 0.2) is 6.33 Å². The Morgan fingerprint density at radius 3 is 2.82 bits per heavy atom. The lowest BCUT2D eigenvalue weighted by Gasteiger charge is -2.23. The summed E-state index contributed by atoms with van der Waals surface area (Å²) < 4.78 is 38.3. The van der Waals surface area contributed by atoms with Gasteiger partial charge < -0.3 is 29.6 Å². The normalized spacial score (nSPS) is 29.9. The van der Waals surface area contributed by atoms with Gasteiger partial charge in [-0.25, -0.2) is 15.0 Å². The molecule has 2 aliphatic rings. The average Bonchev–Trinajstić information content (AvgIpc) is 3.24. The zero-order valence-electron chi connectivity index (χ0n) is 17.6. The second kappa shape index (κ2) is 10.7. The summed E-state index contributed by atoms with van der Waals surface area (Å²) in [6.07, 6.45) is 0.329. The standard InChI is InChI=1S/C17H24N5O6PS4/c1-8-20-15(18)11-16(21-8)22(7-19-11)12-10-4-17(10,14(24)13(12)23)6-29(25)28-9(5-31-33-27)2-3-30-32-26/h7,9-10,12-14,23-24H,2-6H2,1H3,(H3-,18,20,21,26,27)/p+1/t9?,10-,12-,13+,14+,17-/m1/s1. The van der Waals surface area contributed by atoms with Crippen LogP contribution in [0, 0.1) is 18.3 Å². The lowest BCUT2D eigenvalue weighted by molar-refractivity contribution is -0.0133. The number of aromatic nitrogens is 4. The number of aryl methyl sites for hydroxylation is 1. The average molecular weight is 555 g/mol. The highest BCUT2D eigenvalue weighted by atomic mass is 33.1. The zero-order valence-corrected chi connectivity index (χ0v) is 21.7. The molecule has 2 aromatic heterocycles. The molecule has 4 rings (SSSR count). The highest BCUT2D eigenvalue weighted by molar-refractivity contribution is 8.74. The summed E-state index contributed by atoms with van der Waals surface area (Å²) in [5.74, 6) is 1.66. The van der Waals surface area contributed by atoms with E-state index in [4.69, 9.17) is 19.4 Å². The van der Waals surface area contributed by atoms with Gasteiger partial charge in [-0.05, 0) is 30.2 Å². The maximum Gasteiger partial charge on any atom is 0.509 e. The van der Waals surface area contributed by atoms with Crippen LogP contribution in [-0.4, -0.2) is 74.8 Å².